The van der Waals surface area contributed by atoms with Gasteiger partial charge in [-0.15, -0.1) is 23.1 Å². The van der Waals surface area contributed by atoms with E-state index in [1.807, 2.05) is 37.4 Å². The number of rotatable bonds is 9. The van der Waals surface area contributed by atoms with Crippen LogP contribution in [0.3, 0.4) is 0 Å². The highest BCUT2D eigenvalue weighted by atomic mass is 32.2. The highest BCUT2D eigenvalue weighted by Crippen LogP contribution is 2.26. The number of carbonyl (C=O) groups excluding carboxylic acids is 1. The van der Waals surface area contributed by atoms with E-state index in [1.54, 1.807) is 29.2 Å². The van der Waals surface area contributed by atoms with Gasteiger partial charge in [0.05, 0.1) is 22.2 Å². The molecule has 25 heavy (non-hydrogen) atoms. The number of nitrogens with one attached hydrogen (secondary N) is 1. The van der Waals surface area contributed by atoms with Crippen molar-refractivity contribution in [3.63, 3.8) is 0 Å². The quantitative estimate of drug-likeness (QED) is 0.645. The van der Waals surface area contributed by atoms with Gasteiger partial charge in [0, 0.05) is 22.6 Å². The fourth-order valence-electron chi connectivity index (χ4n) is 2.38. The van der Waals surface area contributed by atoms with Gasteiger partial charge in [0.1, 0.15) is 0 Å². The number of aromatic nitrogens is 1. The van der Waals surface area contributed by atoms with Gasteiger partial charge in [-0.25, -0.2) is 4.98 Å². The van der Waals surface area contributed by atoms with Crippen LogP contribution < -0.4 is 5.32 Å². The molecule has 2 rings (SSSR count). The number of carbonyl (C=O) groups is 2. The van der Waals surface area contributed by atoms with Crippen molar-refractivity contribution in [2.45, 2.75) is 37.3 Å². The molecule has 1 aromatic carbocycles. The average molecular weight is 379 g/mol. The summed E-state index contributed by atoms with van der Waals surface area (Å²) >= 11 is 3.17. The van der Waals surface area contributed by atoms with Crippen LogP contribution in [-0.4, -0.2) is 28.5 Å². The van der Waals surface area contributed by atoms with Crippen molar-refractivity contribution in [1.29, 1.82) is 0 Å². The first-order chi connectivity index (χ1) is 12.0. The lowest BCUT2D eigenvalue weighted by atomic mass is 10.0. The van der Waals surface area contributed by atoms with E-state index in [1.165, 1.54) is 0 Å². The van der Waals surface area contributed by atoms with Crippen LogP contribution in [0.25, 0.3) is 0 Å². The second kappa shape index (κ2) is 9.58. The molecule has 1 amide bonds. The van der Waals surface area contributed by atoms with Gasteiger partial charge in [-0.1, -0.05) is 25.5 Å². The molecule has 0 saturated carbocycles. The third kappa shape index (κ3) is 5.86. The number of aliphatic carboxylic acids is 1. The number of amides is 1. The summed E-state index contributed by atoms with van der Waals surface area (Å²) in [4.78, 5) is 29.0. The number of benzene rings is 1. The van der Waals surface area contributed by atoms with Gasteiger partial charge >= 0.3 is 5.97 Å². The van der Waals surface area contributed by atoms with Crippen LogP contribution in [0.2, 0.25) is 0 Å². The van der Waals surface area contributed by atoms with E-state index in [-0.39, 0.29) is 12.5 Å². The first-order valence-electron chi connectivity index (χ1n) is 8.15. The SMILES string of the molecule is CCCC(CNC(=O)c1ccccc1SCc1csc(C)n1)C(=O)O. The number of hydrogen-bond acceptors (Lipinski definition) is 5. The molecule has 0 bridgehead atoms. The van der Waals surface area contributed by atoms with E-state index in [0.717, 1.165) is 22.0 Å². The molecule has 7 heteroatoms. The fourth-order valence-corrected chi connectivity index (χ4v) is 4.04. The van der Waals surface area contributed by atoms with Gasteiger partial charge in [0.15, 0.2) is 0 Å². The second-order valence-electron chi connectivity index (χ2n) is 5.68. The van der Waals surface area contributed by atoms with E-state index in [9.17, 15) is 14.7 Å². The molecule has 0 aliphatic heterocycles. The van der Waals surface area contributed by atoms with Gasteiger partial charge in [-0.2, -0.15) is 0 Å². The molecule has 134 valence electrons. The first kappa shape index (κ1) is 19.5. The largest absolute Gasteiger partial charge is 0.481 e. The Labute approximate surface area is 155 Å². The van der Waals surface area contributed by atoms with E-state index >= 15 is 0 Å². The Bertz CT molecular complexity index is 731. The Balaban J connectivity index is 2.00. The van der Waals surface area contributed by atoms with Crippen LogP contribution in [0, 0.1) is 12.8 Å². The molecule has 1 aromatic heterocycles. The minimum absolute atomic E-state index is 0.145. The number of carboxylic acids is 1. The van der Waals surface area contributed by atoms with Gasteiger partial charge in [-0.05, 0) is 25.5 Å². The Morgan fingerprint density at radius 1 is 1.36 bits per heavy atom. The molecular formula is C18H22N2O3S2. The molecule has 0 fully saturated rings. The summed E-state index contributed by atoms with van der Waals surface area (Å²) in [6.07, 6.45) is 1.32. The Morgan fingerprint density at radius 3 is 2.76 bits per heavy atom. The van der Waals surface area contributed by atoms with Gasteiger partial charge in [0.2, 0.25) is 0 Å². The maximum absolute atomic E-state index is 12.5. The normalized spacial score (nSPS) is 11.9. The zero-order chi connectivity index (χ0) is 18.2. The summed E-state index contributed by atoms with van der Waals surface area (Å²) in [5, 5.41) is 15.0. The maximum Gasteiger partial charge on any atom is 0.308 e. The average Bonchev–Trinajstić information content (AvgIpc) is 3.02. The Morgan fingerprint density at radius 2 is 2.12 bits per heavy atom. The smallest absolute Gasteiger partial charge is 0.308 e. The molecule has 0 aliphatic carbocycles. The van der Waals surface area contributed by atoms with Crippen molar-refractivity contribution in [3.8, 4) is 0 Å². The molecule has 0 radical (unpaired) electrons. The molecule has 0 aliphatic rings. The number of carboxylic acid groups (broad SMARTS) is 1. The third-order valence-electron chi connectivity index (χ3n) is 3.67. The van der Waals surface area contributed by atoms with Gasteiger partial charge in [-0.3, -0.25) is 9.59 Å². The van der Waals surface area contributed by atoms with Crippen LogP contribution in [0.1, 0.15) is 40.8 Å². The van der Waals surface area contributed by atoms with Crippen molar-refractivity contribution < 1.29 is 14.7 Å². The van der Waals surface area contributed by atoms with E-state index < -0.39 is 11.9 Å². The number of thioether (sulfide) groups is 1. The Kier molecular flexibility index (Phi) is 7.46. The van der Waals surface area contributed by atoms with Gasteiger partial charge in [0.25, 0.3) is 5.91 Å². The molecule has 5 nitrogen and oxygen atoms in total. The molecule has 1 unspecified atom stereocenters. The number of aryl methyl sites for hydroxylation is 1. The lowest BCUT2D eigenvalue weighted by Crippen LogP contribution is -2.33. The summed E-state index contributed by atoms with van der Waals surface area (Å²) in [7, 11) is 0. The highest BCUT2D eigenvalue weighted by molar-refractivity contribution is 7.98. The van der Waals surface area contributed by atoms with Crippen LogP contribution in [0.15, 0.2) is 34.5 Å². The number of thiazole rings is 1. The van der Waals surface area contributed by atoms with E-state index in [2.05, 4.69) is 10.3 Å². The minimum atomic E-state index is -0.872. The molecular weight excluding hydrogens is 356 g/mol. The predicted octanol–water partition coefficient (Wildman–Crippen LogP) is 3.97. The summed E-state index contributed by atoms with van der Waals surface area (Å²) in [5.74, 6) is -0.960. The molecule has 0 saturated heterocycles. The van der Waals surface area contributed by atoms with E-state index in [0.29, 0.717) is 17.7 Å². The van der Waals surface area contributed by atoms with Crippen LogP contribution >= 0.6 is 23.1 Å². The summed E-state index contributed by atoms with van der Waals surface area (Å²) < 4.78 is 0. The lowest BCUT2D eigenvalue weighted by molar-refractivity contribution is -0.141. The standard InChI is InChI=1S/C18H22N2O3S2/c1-3-6-13(18(22)23)9-19-17(21)15-7-4-5-8-16(15)25-11-14-10-24-12(2)20-14/h4-5,7-8,10,13H,3,6,9,11H2,1-2H3,(H,19,21)(H,22,23). The minimum Gasteiger partial charge on any atom is -0.481 e. The number of nitrogens with zero attached hydrogens (tertiary/aromatic N) is 1. The fraction of sp³-hybridized carbons (Fsp3) is 0.389. The Hall–Kier alpha value is -1.86. The molecule has 1 heterocycles. The second-order valence-corrected chi connectivity index (χ2v) is 7.76. The van der Waals surface area contributed by atoms with Crippen molar-refractivity contribution in [1.82, 2.24) is 10.3 Å². The summed E-state index contributed by atoms with van der Waals surface area (Å²) in [6, 6.07) is 7.37. The number of hydrogen-bond donors (Lipinski definition) is 2. The lowest BCUT2D eigenvalue weighted by Gasteiger charge is -2.14. The maximum atomic E-state index is 12.5. The van der Waals surface area contributed by atoms with Crippen LogP contribution in [0.5, 0.6) is 0 Å². The summed E-state index contributed by atoms with van der Waals surface area (Å²) in [5.41, 5.74) is 1.57. The van der Waals surface area contributed by atoms with Crippen LogP contribution in [0.4, 0.5) is 0 Å². The molecule has 2 aromatic rings. The molecule has 2 N–H and O–H groups in total. The molecule has 0 spiro atoms. The monoisotopic (exact) mass is 378 g/mol. The van der Waals surface area contributed by atoms with Gasteiger partial charge < -0.3 is 10.4 Å². The van der Waals surface area contributed by atoms with Crippen molar-refractivity contribution in [2.75, 3.05) is 6.54 Å². The summed E-state index contributed by atoms with van der Waals surface area (Å²) in [6.45, 7) is 4.05. The highest BCUT2D eigenvalue weighted by Gasteiger charge is 2.19. The van der Waals surface area contributed by atoms with Crippen molar-refractivity contribution in [2.24, 2.45) is 5.92 Å². The predicted molar refractivity (Wildman–Crippen MR) is 101 cm³/mol. The zero-order valence-electron chi connectivity index (χ0n) is 14.3. The topological polar surface area (TPSA) is 79.3 Å². The van der Waals surface area contributed by atoms with Crippen molar-refractivity contribution >= 4 is 35.0 Å². The van der Waals surface area contributed by atoms with Crippen LogP contribution in [-0.2, 0) is 10.5 Å². The molecule has 1 atom stereocenters. The van der Waals surface area contributed by atoms with Crippen molar-refractivity contribution in [3.05, 3.63) is 45.9 Å². The van der Waals surface area contributed by atoms with E-state index in [4.69, 9.17) is 0 Å². The third-order valence-corrected chi connectivity index (χ3v) is 5.60. The first-order valence-corrected chi connectivity index (χ1v) is 10.0. The zero-order valence-corrected chi connectivity index (χ0v) is 16.0.